The Labute approximate surface area is 133 Å². The molecule has 1 aromatic carbocycles. The molecule has 5 nitrogen and oxygen atoms in total. The van der Waals surface area contributed by atoms with Gasteiger partial charge in [0.05, 0.1) is 10.6 Å². The van der Waals surface area contributed by atoms with Gasteiger partial charge in [-0.15, -0.1) is 0 Å². The predicted molar refractivity (Wildman–Crippen MR) is 88.5 cm³/mol. The van der Waals surface area contributed by atoms with Crippen molar-refractivity contribution >= 4 is 15.7 Å². The molecule has 22 heavy (non-hydrogen) atoms. The van der Waals surface area contributed by atoms with Gasteiger partial charge in [0.2, 0.25) is 5.91 Å². The highest BCUT2D eigenvalue weighted by Gasteiger charge is 2.17. The van der Waals surface area contributed by atoms with Crippen molar-refractivity contribution in [3.8, 4) is 0 Å². The van der Waals surface area contributed by atoms with E-state index in [1.165, 1.54) is 0 Å². The third-order valence-corrected chi connectivity index (χ3v) is 5.46. The lowest BCUT2D eigenvalue weighted by molar-refractivity contribution is -0.120. The molecule has 1 N–H and O–H groups in total. The van der Waals surface area contributed by atoms with Gasteiger partial charge in [-0.3, -0.25) is 9.69 Å². The molecule has 0 spiro atoms. The first-order valence-corrected chi connectivity index (χ1v) is 9.34. The fourth-order valence-electron chi connectivity index (χ4n) is 2.30. The Bertz CT molecular complexity index is 554. The van der Waals surface area contributed by atoms with Gasteiger partial charge in [-0.05, 0) is 32.1 Å². The number of amides is 1. The predicted octanol–water partition coefficient (Wildman–Crippen LogP) is 1.70. The van der Waals surface area contributed by atoms with Crippen molar-refractivity contribution in [1.82, 2.24) is 10.2 Å². The minimum atomic E-state index is -3.39. The monoisotopic (exact) mass is 326 g/mol. The number of carbonyl (C=O) groups is 1. The number of carbonyl (C=O) groups excluding carboxylic acids is 1. The minimum absolute atomic E-state index is 0.0117. The number of sulfone groups is 1. The number of rotatable bonds is 9. The van der Waals surface area contributed by atoms with E-state index in [-0.39, 0.29) is 29.0 Å². The molecule has 1 rings (SSSR count). The summed E-state index contributed by atoms with van der Waals surface area (Å²) >= 11 is 0. The van der Waals surface area contributed by atoms with Gasteiger partial charge in [0, 0.05) is 19.0 Å². The van der Waals surface area contributed by atoms with Crippen LogP contribution in [0, 0.1) is 0 Å². The molecule has 0 fully saturated rings. The highest BCUT2D eigenvalue weighted by atomic mass is 32.2. The van der Waals surface area contributed by atoms with Gasteiger partial charge in [0.1, 0.15) is 0 Å². The molecule has 1 aromatic rings. The molecule has 0 bridgehead atoms. The van der Waals surface area contributed by atoms with Crippen molar-refractivity contribution in [2.75, 3.05) is 25.4 Å². The zero-order valence-corrected chi connectivity index (χ0v) is 14.4. The zero-order chi connectivity index (χ0) is 16.6. The van der Waals surface area contributed by atoms with Gasteiger partial charge in [-0.25, -0.2) is 8.42 Å². The van der Waals surface area contributed by atoms with E-state index in [2.05, 4.69) is 24.1 Å². The van der Waals surface area contributed by atoms with Crippen LogP contribution in [0.15, 0.2) is 35.2 Å². The van der Waals surface area contributed by atoms with E-state index in [9.17, 15) is 13.2 Å². The van der Waals surface area contributed by atoms with Crippen LogP contribution in [0.3, 0.4) is 0 Å². The Balaban J connectivity index is 2.43. The average Bonchev–Trinajstić information content (AvgIpc) is 2.53. The lowest BCUT2D eigenvalue weighted by atomic mass is 10.2. The first-order valence-electron chi connectivity index (χ1n) is 7.69. The van der Waals surface area contributed by atoms with Gasteiger partial charge >= 0.3 is 0 Å². The largest absolute Gasteiger partial charge is 0.355 e. The standard InChI is InChI=1S/C16H26N2O3S/c1-4-18(5-2)14(3)13-17-16(19)11-12-22(20,21)15-9-7-6-8-10-15/h6-10,14H,4-5,11-13H2,1-3H3,(H,17,19). The first-order chi connectivity index (χ1) is 10.4. The maximum atomic E-state index is 12.1. The summed E-state index contributed by atoms with van der Waals surface area (Å²) in [6.45, 7) is 8.59. The molecule has 0 saturated carbocycles. The molecular formula is C16H26N2O3S. The second-order valence-electron chi connectivity index (χ2n) is 5.26. The van der Waals surface area contributed by atoms with Gasteiger partial charge in [0.15, 0.2) is 9.84 Å². The fraction of sp³-hybridized carbons (Fsp3) is 0.562. The Morgan fingerprint density at radius 3 is 2.32 bits per heavy atom. The van der Waals surface area contributed by atoms with Gasteiger partial charge in [-0.2, -0.15) is 0 Å². The lowest BCUT2D eigenvalue weighted by Crippen LogP contribution is -2.42. The van der Waals surface area contributed by atoms with E-state index in [1.54, 1.807) is 30.3 Å². The molecule has 124 valence electrons. The van der Waals surface area contributed by atoms with Crippen molar-refractivity contribution < 1.29 is 13.2 Å². The van der Waals surface area contributed by atoms with Crippen molar-refractivity contribution in [2.45, 2.75) is 38.1 Å². The van der Waals surface area contributed by atoms with Crippen LogP contribution in [0.25, 0.3) is 0 Å². The van der Waals surface area contributed by atoms with Crippen LogP contribution in [-0.4, -0.2) is 50.7 Å². The van der Waals surface area contributed by atoms with Crippen LogP contribution >= 0.6 is 0 Å². The topological polar surface area (TPSA) is 66.5 Å². The Morgan fingerprint density at radius 1 is 1.18 bits per heavy atom. The molecule has 1 unspecified atom stereocenters. The highest BCUT2D eigenvalue weighted by molar-refractivity contribution is 7.91. The summed E-state index contributed by atoms with van der Waals surface area (Å²) in [6, 6.07) is 8.47. The third-order valence-electron chi connectivity index (χ3n) is 3.73. The smallest absolute Gasteiger partial charge is 0.221 e. The van der Waals surface area contributed by atoms with Crippen LogP contribution in [0.5, 0.6) is 0 Å². The summed E-state index contributed by atoms with van der Waals surface area (Å²) < 4.78 is 24.2. The SMILES string of the molecule is CCN(CC)C(C)CNC(=O)CCS(=O)(=O)c1ccccc1. The maximum Gasteiger partial charge on any atom is 0.221 e. The minimum Gasteiger partial charge on any atom is -0.355 e. The normalized spacial score (nSPS) is 13.1. The molecule has 6 heteroatoms. The molecule has 0 aliphatic rings. The van der Waals surface area contributed by atoms with Crippen LogP contribution in [0.1, 0.15) is 27.2 Å². The summed E-state index contributed by atoms with van der Waals surface area (Å²) in [4.78, 5) is 14.3. The Kier molecular flexibility index (Phi) is 7.55. The summed E-state index contributed by atoms with van der Waals surface area (Å²) in [6.07, 6.45) is -0.0117. The van der Waals surface area contributed by atoms with E-state index in [1.807, 2.05) is 6.92 Å². The van der Waals surface area contributed by atoms with E-state index in [0.29, 0.717) is 6.54 Å². The number of hydrogen-bond acceptors (Lipinski definition) is 4. The van der Waals surface area contributed by atoms with Crippen molar-refractivity contribution in [1.29, 1.82) is 0 Å². The lowest BCUT2D eigenvalue weighted by Gasteiger charge is -2.26. The number of hydrogen-bond donors (Lipinski definition) is 1. The molecule has 0 aliphatic carbocycles. The van der Waals surface area contributed by atoms with Crippen molar-refractivity contribution in [2.24, 2.45) is 0 Å². The van der Waals surface area contributed by atoms with Gasteiger partial charge < -0.3 is 5.32 Å². The molecular weight excluding hydrogens is 300 g/mol. The second kappa shape index (κ2) is 8.90. The highest BCUT2D eigenvalue weighted by Crippen LogP contribution is 2.10. The van der Waals surface area contributed by atoms with E-state index < -0.39 is 9.84 Å². The average molecular weight is 326 g/mol. The van der Waals surface area contributed by atoms with Crippen LogP contribution in [-0.2, 0) is 14.6 Å². The Hall–Kier alpha value is -1.40. The fourth-order valence-corrected chi connectivity index (χ4v) is 3.56. The van der Waals surface area contributed by atoms with Gasteiger partial charge in [-0.1, -0.05) is 32.0 Å². The van der Waals surface area contributed by atoms with E-state index in [4.69, 9.17) is 0 Å². The van der Waals surface area contributed by atoms with Gasteiger partial charge in [0.25, 0.3) is 0 Å². The number of likely N-dealkylation sites (N-methyl/N-ethyl adjacent to an activating group) is 1. The molecule has 0 aromatic heterocycles. The van der Waals surface area contributed by atoms with E-state index >= 15 is 0 Å². The third kappa shape index (κ3) is 5.77. The molecule has 0 aliphatic heterocycles. The molecule has 0 heterocycles. The van der Waals surface area contributed by atoms with Crippen LogP contribution in [0.4, 0.5) is 0 Å². The number of benzene rings is 1. The summed E-state index contributed by atoms with van der Waals surface area (Å²) in [5.74, 6) is -0.388. The second-order valence-corrected chi connectivity index (χ2v) is 7.37. The molecule has 0 radical (unpaired) electrons. The van der Waals surface area contributed by atoms with E-state index in [0.717, 1.165) is 13.1 Å². The van der Waals surface area contributed by atoms with Crippen molar-refractivity contribution in [3.05, 3.63) is 30.3 Å². The maximum absolute atomic E-state index is 12.1. The number of nitrogens with one attached hydrogen (secondary N) is 1. The first kappa shape index (κ1) is 18.6. The number of nitrogens with zero attached hydrogens (tertiary/aromatic N) is 1. The Morgan fingerprint density at radius 2 is 1.77 bits per heavy atom. The zero-order valence-electron chi connectivity index (χ0n) is 13.6. The quantitative estimate of drug-likeness (QED) is 0.750. The van der Waals surface area contributed by atoms with Crippen LogP contribution < -0.4 is 5.32 Å². The molecule has 1 atom stereocenters. The molecule has 0 saturated heterocycles. The van der Waals surface area contributed by atoms with Crippen molar-refractivity contribution in [3.63, 3.8) is 0 Å². The summed E-state index contributed by atoms with van der Waals surface area (Å²) in [5.41, 5.74) is 0. The molecule has 1 amide bonds. The summed E-state index contributed by atoms with van der Waals surface area (Å²) in [7, 11) is -3.39. The van der Waals surface area contributed by atoms with Crippen LogP contribution in [0.2, 0.25) is 0 Å². The summed E-state index contributed by atoms with van der Waals surface area (Å²) in [5, 5.41) is 2.81.